The smallest absolute Gasteiger partial charge is 0.280 e. The molecule has 4 rings (SSSR count). The first-order valence-electron chi connectivity index (χ1n) is 8.88. The molecule has 134 valence electrons. The Kier molecular flexibility index (Phi) is 4.72. The second-order valence-corrected chi connectivity index (χ2v) is 6.48. The first kappa shape index (κ1) is 16.4. The molecule has 1 aliphatic rings. The third kappa shape index (κ3) is 3.63. The molecular weight excluding hydrogens is 332 g/mol. The van der Waals surface area contributed by atoms with Gasteiger partial charge in [0.15, 0.2) is 11.5 Å². The van der Waals surface area contributed by atoms with E-state index in [0.717, 1.165) is 18.4 Å². The summed E-state index contributed by atoms with van der Waals surface area (Å²) in [6, 6.07) is 9.89. The van der Waals surface area contributed by atoms with Gasteiger partial charge in [-0.1, -0.05) is 54.8 Å². The zero-order valence-corrected chi connectivity index (χ0v) is 14.3. The van der Waals surface area contributed by atoms with Crippen LogP contribution in [0.15, 0.2) is 34.9 Å². The fourth-order valence-corrected chi connectivity index (χ4v) is 3.27. The third-order valence-electron chi connectivity index (χ3n) is 4.55. The second kappa shape index (κ2) is 7.47. The molecule has 2 aromatic heterocycles. The van der Waals surface area contributed by atoms with Crippen LogP contribution in [0.1, 0.15) is 37.9 Å². The Morgan fingerprint density at radius 2 is 1.88 bits per heavy atom. The van der Waals surface area contributed by atoms with Crippen LogP contribution in [0, 0.1) is 0 Å². The number of H-pyrrole nitrogens is 1. The Labute approximate surface area is 150 Å². The van der Waals surface area contributed by atoms with Crippen LogP contribution < -0.4 is 5.32 Å². The fraction of sp³-hybridized carbons (Fsp3) is 0.389. The summed E-state index contributed by atoms with van der Waals surface area (Å²) >= 11 is 0. The highest BCUT2D eigenvalue weighted by molar-refractivity contribution is 5.78. The van der Waals surface area contributed by atoms with Gasteiger partial charge in [0, 0.05) is 11.6 Å². The van der Waals surface area contributed by atoms with E-state index >= 15 is 0 Å². The second-order valence-electron chi connectivity index (χ2n) is 6.48. The van der Waals surface area contributed by atoms with Crippen molar-refractivity contribution in [3.8, 4) is 22.8 Å². The van der Waals surface area contributed by atoms with E-state index < -0.39 is 0 Å². The number of hydrogen-bond acceptors (Lipinski definition) is 6. The highest BCUT2D eigenvalue weighted by Gasteiger charge is 2.21. The number of aromatic amines is 1. The molecule has 2 heterocycles. The van der Waals surface area contributed by atoms with Crippen molar-refractivity contribution in [3.63, 3.8) is 0 Å². The molecule has 0 unspecified atom stereocenters. The fourth-order valence-electron chi connectivity index (χ4n) is 3.27. The van der Waals surface area contributed by atoms with Gasteiger partial charge >= 0.3 is 0 Å². The monoisotopic (exact) mass is 352 g/mol. The minimum absolute atomic E-state index is 0.0762. The zero-order valence-electron chi connectivity index (χ0n) is 14.3. The van der Waals surface area contributed by atoms with E-state index in [1.807, 2.05) is 30.3 Å². The Morgan fingerprint density at radius 3 is 2.69 bits per heavy atom. The Balaban J connectivity index is 1.45. The van der Waals surface area contributed by atoms with Crippen molar-refractivity contribution in [2.24, 2.45) is 0 Å². The number of hydrogen-bond donors (Lipinski definition) is 2. The van der Waals surface area contributed by atoms with Crippen molar-refractivity contribution in [3.05, 3.63) is 36.2 Å². The van der Waals surface area contributed by atoms with Crippen LogP contribution in [-0.2, 0) is 11.2 Å². The summed E-state index contributed by atoms with van der Waals surface area (Å²) in [7, 11) is 0. The van der Waals surface area contributed by atoms with E-state index in [1.54, 1.807) is 0 Å². The van der Waals surface area contributed by atoms with Crippen LogP contribution in [0.25, 0.3) is 22.8 Å². The Hall–Kier alpha value is -3.03. The molecule has 1 fully saturated rings. The van der Waals surface area contributed by atoms with Gasteiger partial charge in [-0.05, 0) is 12.8 Å². The van der Waals surface area contributed by atoms with Crippen LogP contribution in [0.3, 0.4) is 0 Å². The zero-order chi connectivity index (χ0) is 17.8. The van der Waals surface area contributed by atoms with Crippen molar-refractivity contribution in [1.29, 1.82) is 0 Å². The highest BCUT2D eigenvalue weighted by Crippen LogP contribution is 2.26. The number of rotatable bonds is 5. The summed E-state index contributed by atoms with van der Waals surface area (Å²) in [4.78, 5) is 16.5. The van der Waals surface area contributed by atoms with Gasteiger partial charge < -0.3 is 9.84 Å². The summed E-state index contributed by atoms with van der Waals surface area (Å²) in [6.45, 7) is 0. The summed E-state index contributed by atoms with van der Waals surface area (Å²) in [5.74, 6) is 0.515. The summed E-state index contributed by atoms with van der Waals surface area (Å²) in [5.41, 5.74) is 2.00. The van der Waals surface area contributed by atoms with Gasteiger partial charge in [0.25, 0.3) is 5.89 Å². The van der Waals surface area contributed by atoms with E-state index in [-0.39, 0.29) is 24.3 Å². The highest BCUT2D eigenvalue weighted by atomic mass is 16.5. The third-order valence-corrected chi connectivity index (χ3v) is 4.55. The molecule has 0 bridgehead atoms. The maximum Gasteiger partial charge on any atom is 0.280 e. The lowest BCUT2D eigenvalue weighted by atomic mass is 9.95. The van der Waals surface area contributed by atoms with Gasteiger partial charge in [0.05, 0.1) is 6.42 Å². The lowest BCUT2D eigenvalue weighted by molar-refractivity contribution is -0.121. The molecule has 0 saturated heterocycles. The molecule has 0 spiro atoms. The number of carbonyl (C=O) groups excluding carboxylic acids is 1. The molecule has 3 aromatic rings. The molecular formula is C18H20N6O2. The standard InChI is InChI=1S/C18H20N6O2/c25-15(19-13-9-5-2-6-10-13)11-14-20-18(26-23-14)17-16(21-24-22-17)12-7-3-1-4-8-12/h1,3-4,7-8,13H,2,5-6,9-11H2,(H,19,25)(H,21,22,24). The first-order chi connectivity index (χ1) is 12.8. The maximum atomic E-state index is 12.2. The molecule has 1 aliphatic carbocycles. The van der Waals surface area contributed by atoms with Gasteiger partial charge in [-0.15, -0.1) is 0 Å². The van der Waals surface area contributed by atoms with Crippen molar-refractivity contribution in [2.75, 3.05) is 0 Å². The molecule has 8 heteroatoms. The minimum Gasteiger partial charge on any atom is -0.353 e. The topological polar surface area (TPSA) is 110 Å². The molecule has 2 N–H and O–H groups in total. The number of nitrogens with zero attached hydrogens (tertiary/aromatic N) is 4. The van der Waals surface area contributed by atoms with Crippen molar-refractivity contribution >= 4 is 5.91 Å². The average Bonchev–Trinajstić information content (AvgIpc) is 3.32. The molecule has 1 amide bonds. The maximum absolute atomic E-state index is 12.2. The summed E-state index contributed by atoms with van der Waals surface area (Å²) < 4.78 is 5.30. The minimum atomic E-state index is -0.0762. The first-order valence-corrected chi connectivity index (χ1v) is 8.88. The number of nitrogens with one attached hydrogen (secondary N) is 2. The largest absolute Gasteiger partial charge is 0.353 e. The van der Waals surface area contributed by atoms with Gasteiger partial charge in [0.1, 0.15) is 5.69 Å². The van der Waals surface area contributed by atoms with E-state index in [9.17, 15) is 4.79 Å². The van der Waals surface area contributed by atoms with Gasteiger partial charge in [-0.2, -0.15) is 20.4 Å². The summed E-state index contributed by atoms with van der Waals surface area (Å²) in [6.07, 6.45) is 5.78. The van der Waals surface area contributed by atoms with E-state index in [2.05, 4.69) is 30.9 Å². The van der Waals surface area contributed by atoms with Gasteiger partial charge in [-0.3, -0.25) is 4.79 Å². The van der Waals surface area contributed by atoms with Crippen LogP contribution in [0.4, 0.5) is 0 Å². The quantitative estimate of drug-likeness (QED) is 0.730. The predicted octanol–water partition coefficient (Wildman–Crippen LogP) is 2.51. The van der Waals surface area contributed by atoms with E-state index in [4.69, 9.17) is 4.52 Å². The van der Waals surface area contributed by atoms with Crippen molar-refractivity contribution in [2.45, 2.75) is 44.6 Å². The summed E-state index contributed by atoms with van der Waals surface area (Å²) in [5, 5.41) is 17.8. The Bertz CT molecular complexity index is 867. The molecule has 1 saturated carbocycles. The van der Waals surface area contributed by atoms with Crippen LogP contribution in [0.5, 0.6) is 0 Å². The number of amides is 1. The van der Waals surface area contributed by atoms with Gasteiger partial charge in [-0.25, -0.2) is 0 Å². The Morgan fingerprint density at radius 1 is 1.12 bits per heavy atom. The molecule has 8 nitrogen and oxygen atoms in total. The number of carbonyl (C=O) groups is 1. The van der Waals surface area contributed by atoms with Crippen LogP contribution >= 0.6 is 0 Å². The van der Waals surface area contributed by atoms with Gasteiger partial charge in [0.2, 0.25) is 5.91 Å². The molecule has 1 aromatic carbocycles. The number of benzene rings is 1. The van der Waals surface area contributed by atoms with E-state index in [1.165, 1.54) is 19.3 Å². The molecule has 26 heavy (non-hydrogen) atoms. The molecule has 0 aliphatic heterocycles. The van der Waals surface area contributed by atoms with Crippen molar-refractivity contribution < 1.29 is 9.32 Å². The molecule has 0 radical (unpaired) electrons. The molecule has 0 atom stereocenters. The lowest BCUT2D eigenvalue weighted by Crippen LogP contribution is -2.37. The normalized spacial score (nSPS) is 15.1. The lowest BCUT2D eigenvalue weighted by Gasteiger charge is -2.22. The van der Waals surface area contributed by atoms with Crippen LogP contribution in [-0.4, -0.2) is 37.5 Å². The van der Waals surface area contributed by atoms with Crippen molar-refractivity contribution in [1.82, 2.24) is 30.9 Å². The number of aromatic nitrogens is 5. The predicted molar refractivity (Wildman–Crippen MR) is 93.8 cm³/mol. The SMILES string of the molecule is O=C(Cc1noc(-c2n[nH]nc2-c2ccccc2)n1)NC1CCCCC1. The van der Waals surface area contributed by atoms with E-state index in [0.29, 0.717) is 17.2 Å². The van der Waals surface area contributed by atoms with Crippen LogP contribution in [0.2, 0.25) is 0 Å². The average molecular weight is 352 g/mol.